The third-order valence-electron chi connectivity index (χ3n) is 3.28. The lowest BCUT2D eigenvalue weighted by Gasteiger charge is -2.17. The second kappa shape index (κ2) is 8.08. The van der Waals surface area contributed by atoms with Crippen molar-refractivity contribution in [3.63, 3.8) is 0 Å². The fourth-order valence-electron chi connectivity index (χ4n) is 2.30. The molecule has 1 aliphatic rings. The van der Waals surface area contributed by atoms with Crippen LogP contribution in [0.25, 0.3) is 0 Å². The highest BCUT2D eigenvalue weighted by Crippen LogP contribution is 2.24. The Morgan fingerprint density at radius 3 is 2.50 bits per heavy atom. The summed E-state index contributed by atoms with van der Waals surface area (Å²) >= 11 is 0. The zero-order chi connectivity index (χ0) is 10.1. The first kappa shape index (κ1) is 11.8. The molecular formula is C14H26. The van der Waals surface area contributed by atoms with Crippen molar-refractivity contribution in [1.82, 2.24) is 0 Å². The van der Waals surface area contributed by atoms with Crippen LogP contribution < -0.4 is 0 Å². The molecule has 0 heteroatoms. The molecule has 0 saturated heterocycles. The summed E-state index contributed by atoms with van der Waals surface area (Å²) in [6.07, 6.45) is 19.1. The molecule has 0 nitrogen and oxygen atoms in total. The van der Waals surface area contributed by atoms with Gasteiger partial charge in [0.05, 0.1) is 0 Å². The van der Waals surface area contributed by atoms with E-state index in [2.05, 4.69) is 19.1 Å². The summed E-state index contributed by atoms with van der Waals surface area (Å²) < 4.78 is 0. The van der Waals surface area contributed by atoms with E-state index in [1.807, 2.05) is 0 Å². The maximum absolute atomic E-state index is 2.49. The van der Waals surface area contributed by atoms with Gasteiger partial charge in [0.25, 0.3) is 0 Å². The first-order chi connectivity index (χ1) is 6.93. The van der Waals surface area contributed by atoms with Gasteiger partial charge in [-0.1, -0.05) is 57.6 Å². The monoisotopic (exact) mass is 194 g/mol. The molecule has 0 amide bonds. The Bertz CT molecular complexity index is 140. The first-order valence-corrected chi connectivity index (χ1v) is 6.60. The lowest BCUT2D eigenvalue weighted by atomic mass is 9.89. The summed E-state index contributed by atoms with van der Waals surface area (Å²) in [5, 5.41) is 0. The minimum atomic E-state index is 0.926. The second-order valence-electron chi connectivity index (χ2n) is 4.68. The van der Waals surface area contributed by atoms with Gasteiger partial charge in [0, 0.05) is 0 Å². The zero-order valence-corrected chi connectivity index (χ0v) is 9.80. The molecule has 1 rings (SSSR count). The van der Waals surface area contributed by atoms with Crippen LogP contribution in [0.3, 0.4) is 0 Å². The third-order valence-corrected chi connectivity index (χ3v) is 3.28. The Morgan fingerprint density at radius 1 is 1.00 bits per heavy atom. The smallest absolute Gasteiger partial charge is 0.0234 e. The van der Waals surface area contributed by atoms with Gasteiger partial charge in [-0.3, -0.25) is 0 Å². The molecule has 14 heavy (non-hydrogen) atoms. The lowest BCUT2D eigenvalue weighted by molar-refractivity contribution is 0.418. The van der Waals surface area contributed by atoms with Crippen molar-refractivity contribution in [2.24, 2.45) is 5.92 Å². The number of unbranched alkanes of at least 4 members (excludes halogenated alkanes) is 4. The van der Waals surface area contributed by atoms with Crippen LogP contribution in [0.2, 0.25) is 0 Å². The van der Waals surface area contributed by atoms with Crippen molar-refractivity contribution in [3.8, 4) is 0 Å². The van der Waals surface area contributed by atoms with Crippen LogP contribution in [0.5, 0.6) is 0 Å². The molecular weight excluding hydrogens is 168 g/mol. The van der Waals surface area contributed by atoms with Crippen LogP contribution in [0.1, 0.15) is 71.1 Å². The van der Waals surface area contributed by atoms with Crippen LogP contribution in [-0.2, 0) is 0 Å². The van der Waals surface area contributed by atoms with Crippen molar-refractivity contribution in [2.45, 2.75) is 71.1 Å². The van der Waals surface area contributed by atoms with Gasteiger partial charge >= 0.3 is 0 Å². The van der Waals surface area contributed by atoms with E-state index in [1.165, 1.54) is 64.2 Å². The zero-order valence-electron chi connectivity index (χ0n) is 9.80. The van der Waals surface area contributed by atoms with E-state index in [4.69, 9.17) is 0 Å². The standard InChI is InChI=1S/C14H26/c1-2-3-4-5-6-8-11-14-12-9-7-10-13-14/h8,11,14H,2-7,9-10,12-13H2,1H3/b11-8+. The molecule has 0 aromatic rings. The van der Waals surface area contributed by atoms with Crippen molar-refractivity contribution in [3.05, 3.63) is 12.2 Å². The van der Waals surface area contributed by atoms with E-state index < -0.39 is 0 Å². The van der Waals surface area contributed by atoms with Gasteiger partial charge in [0.1, 0.15) is 0 Å². The van der Waals surface area contributed by atoms with Gasteiger partial charge in [-0.05, 0) is 31.6 Å². The predicted molar refractivity (Wildman–Crippen MR) is 64.5 cm³/mol. The highest BCUT2D eigenvalue weighted by Gasteiger charge is 2.08. The molecule has 0 radical (unpaired) electrons. The van der Waals surface area contributed by atoms with Gasteiger partial charge in [0.2, 0.25) is 0 Å². The van der Waals surface area contributed by atoms with Gasteiger partial charge in [-0.15, -0.1) is 0 Å². The minimum Gasteiger partial charge on any atom is -0.0883 e. The molecule has 0 unspecified atom stereocenters. The summed E-state index contributed by atoms with van der Waals surface area (Å²) in [5.74, 6) is 0.926. The fraction of sp³-hybridized carbons (Fsp3) is 0.857. The molecule has 1 aliphatic carbocycles. The first-order valence-electron chi connectivity index (χ1n) is 6.60. The van der Waals surface area contributed by atoms with Crippen LogP contribution >= 0.6 is 0 Å². The molecule has 0 atom stereocenters. The van der Waals surface area contributed by atoms with E-state index in [0.717, 1.165) is 5.92 Å². The Labute approximate surface area is 89.8 Å². The number of allylic oxidation sites excluding steroid dienone is 2. The molecule has 0 spiro atoms. The van der Waals surface area contributed by atoms with Crippen molar-refractivity contribution < 1.29 is 0 Å². The Balaban J connectivity index is 1.96. The van der Waals surface area contributed by atoms with Gasteiger partial charge in [0.15, 0.2) is 0 Å². The predicted octanol–water partition coefficient (Wildman–Crippen LogP) is 5.09. The van der Waals surface area contributed by atoms with E-state index in [0.29, 0.717) is 0 Å². The highest BCUT2D eigenvalue weighted by molar-refractivity contribution is 4.89. The van der Waals surface area contributed by atoms with Crippen LogP contribution in [0, 0.1) is 5.92 Å². The largest absolute Gasteiger partial charge is 0.0883 e. The average Bonchev–Trinajstić information content (AvgIpc) is 2.25. The SMILES string of the molecule is CCCCCC/C=C/C1CCCCC1. The van der Waals surface area contributed by atoms with E-state index in [1.54, 1.807) is 0 Å². The van der Waals surface area contributed by atoms with Gasteiger partial charge in [-0.25, -0.2) is 0 Å². The Morgan fingerprint density at radius 2 is 1.79 bits per heavy atom. The summed E-state index contributed by atoms with van der Waals surface area (Å²) in [6, 6.07) is 0. The van der Waals surface area contributed by atoms with E-state index >= 15 is 0 Å². The summed E-state index contributed by atoms with van der Waals surface area (Å²) in [4.78, 5) is 0. The molecule has 0 N–H and O–H groups in total. The molecule has 1 saturated carbocycles. The average molecular weight is 194 g/mol. The Hall–Kier alpha value is -0.260. The van der Waals surface area contributed by atoms with E-state index in [9.17, 15) is 0 Å². The molecule has 0 bridgehead atoms. The Kier molecular flexibility index (Phi) is 6.82. The molecule has 0 aromatic heterocycles. The molecule has 82 valence electrons. The van der Waals surface area contributed by atoms with Crippen molar-refractivity contribution >= 4 is 0 Å². The quantitative estimate of drug-likeness (QED) is 0.408. The number of rotatable bonds is 6. The van der Waals surface area contributed by atoms with Gasteiger partial charge in [-0.2, -0.15) is 0 Å². The lowest BCUT2D eigenvalue weighted by Crippen LogP contribution is -2.02. The maximum Gasteiger partial charge on any atom is -0.0234 e. The summed E-state index contributed by atoms with van der Waals surface area (Å²) in [5.41, 5.74) is 0. The topological polar surface area (TPSA) is 0 Å². The van der Waals surface area contributed by atoms with Gasteiger partial charge < -0.3 is 0 Å². The second-order valence-corrected chi connectivity index (χ2v) is 4.68. The molecule has 0 heterocycles. The summed E-state index contributed by atoms with van der Waals surface area (Å²) in [6.45, 7) is 2.28. The van der Waals surface area contributed by atoms with Crippen LogP contribution in [0.4, 0.5) is 0 Å². The molecule has 0 aliphatic heterocycles. The normalized spacial score (nSPS) is 19.2. The molecule has 1 fully saturated rings. The number of hydrogen-bond acceptors (Lipinski definition) is 0. The fourth-order valence-corrected chi connectivity index (χ4v) is 2.30. The van der Waals surface area contributed by atoms with E-state index in [-0.39, 0.29) is 0 Å². The highest BCUT2D eigenvalue weighted by atomic mass is 14.1. The van der Waals surface area contributed by atoms with Crippen LogP contribution in [-0.4, -0.2) is 0 Å². The summed E-state index contributed by atoms with van der Waals surface area (Å²) in [7, 11) is 0. The van der Waals surface area contributed by atoms with Crippen molar-refractivity contribution in [1.29, 1.82) is 0 Å². The van der Waals surface area contributed by atoms with Crippen molar-refractivity contribution in [2.75, 3.05) is 0 Å². The van der Waals surface area contributed by atoms with Crippen LogP contribution in [0.15, 0.2) is 12.2 Å². The third kappa shape index (κ3) is 5.47. The minimum absolute atomic E-state index is 0.926. The number of hydrogen-bond donors (Lipinski definition) is 0. The molecule has 0 aromatic carbocycles. The maximum atomic E-state index is 2.49.